The lowest BCUT2D eigenvalue weighted by Crippen LogP contribution is -2.38. The van der Waals surface area contributed by atoms with Gasteiger partial charge in [0.1, 0.15) is 0 Å². The summed E-state index contributed by atoms with van der Waals surface area (Å²) < 4.78 is 5.21. The maximum Gasteiger partial charge on any atom is 0.0589 e. The molecular weight excluding hydrogens is 226 g/mol. The van der Waals surface area contributed by atoms with Crippen LogP contribution in [0, 0.1) is 5.92 Å². The van der Waals surface area contributed by atoms with Gasteiger partial charge >= 0.3 is 0 Å². The molecule has 0 amide bonds. The highest BCUT2D eigenvalue weighted by Crippen LogP contribution is 2.28. The summed E-state index contributed by atoms with van der Waals surface area (Å²) in [6.07, 6.45) is 6.92. The molecule has 0 heterocycles. The first kappa shape index (κ1) is 15.9. The van der Waals surface area contributed by atoms with Gasteiger partial charge in [-0.25, -0.2) is 0 Å². The molecule has 0 aromatic rings. The van der Waals surface area contributed by atoms with Crippen molar-refractivity contribution in [1.82, 2.24) is 4.90 Å². The maximum absolute atomic E-state index is 9.89. The van der Waals surface area contributed by atoms with E-state index in [1.807, 2.05) is 0 Å². The molecule has 108 valence electrons. The highest BCUT2D eigenvalue weighted by Gasteiger charge is 2.26. The fourth-order valence-electron chi connectivity index (χ4n) is 3.18. The van der Waals surface area contributed by atoms with Crippen molar-refractivity contribution in [2.24, 2.45) is 5.92 Å². The van der Waals surface area contributed by atoms with Gasteiger partial charge in [-0.1, -0.05) is 20.3 Å². The van der Waals surface area contributed by atoms with Crippen molar-refractivity contribution in [3.05, 3.63) is 0 Å². The molecule has 1 fully saturated rings. The van der Waals surface area contributed by atoms with E-state index in [9.17, 15) is 5.11 Å². The first-order chi connectivity index (χ1) is 8.72. The first-order valence-corrected chi connectivity index (χ1v) is 7.63. The fraction of sp³-hybridized carbons (Fsp3) is 1.00. The van der Waals surface area contributed by atoms with E-state index < -0.39 is 0 Å². The molecule has 1 aliphatic rings. The second-order valence-corrected chi connectivity index (χ2v) is 5.55. The van der Waals surface area contributed by atoms with Gasteiger partial charge in [0.05, 0.1) is 12.7 Å². The zero-order valence-corrected chi connectivity index (χ0v) is 12.4. The van der Waals surface area contributed by atoms with Crippen molar-refractivity contribution >= 4 is 0 Å². The summed E-state index contributed by atoms with van der Waals surface area (Å²) in [4.78, 5) is 2.55. The summed E-state index contributed by atoms with van der Waals surface area (Å²) in [6, 6.07) is 0.665. The van der Waals surface area contributed by atoms with Gasteiger partial charge in [-0.15, -0.1) is 0 Å². The van der Waals surface area contributed by atoms with Gasteiger partial charge in [0.2, 0.25) is 0 Å². The van der Waals surface area contributed by atoms with Crippen LogP contribution in [0.3, 0.4) is 0 Å². The van der Waals surface area contributed by atoms with E-state index in [1.54, 1.807) is 7.11 Å². The van der Waals surface area contributed by atoms with Crippen LogP contribution in [0.5, 0.6) is 0 Å². The van der Waals surface area contributed by atoms with E-state index >= 15 is 0 Å². The van der Waals surface area contributed by atoms with E-state index in [1.165, 1.54) is 25.7 Å². The van der Waals surface area contributed by atoms with Crippen molar-refractivity contribution < 1.29 is 9.84 Å². The van der Waals surface area contributed by atoms with E-state index in [4.69, 9.17) is 4.74 Å². The third kappa shape index (κ3) is 4.87. The molecule has 0 aromatic heterocycles. The van der Waals surface area contributed by atoms with Gasteiger partial charge in [0, 0.05) is 19.7 Å². The zero-order chi connectivity index (χ0) is 13.4. The van der Waals surface area contributed by atoms with Gasteiger partial charge in [-0.05, 0) is 44.6 Å². The Labute approximate surface area is 113 Å². The molecule has 1 saturated carbocycles. The third-order valence-corrected chi connectivity index (χ3v) is 4.45. The van der Waals surface area contributed by atoms with E-state index in [0.717, 1.165) is 32.5 Å². The second-order valence-electron chi connectivity index (χ2n) is 5.55. The van der Waals surface area contributed by atoms with Gasteiger partial charge in [0.15, 0.2) is 0 Å². The summed E-state index contributed by atoms with van der Waals surface area (Å²) in [5.74, 6) is 0.532. The van der Waals surface area contributed by atoms with Crippen LogP contribution < -0.4 is 0 Å². The predicted molar refractivity (Wildman–Crippen MR) is 75.8 cm³/mol. The summed E-state index contributed by atoms with van der Waals surface area (Å²) in [5, 5.41) is 9.89. The van der Waals surface area contributed by atoms with Crippen LogP contribution in [-0.4, -0.2) is 49.0 Å². The molecule has 2 unspecified atom stereocenters. The van der Waals surface area contributed by atoms with E-state index in [0.29, 0.717) is 12.0 Å². The quantitative estimate of drug-likeness (QED) is 0.689. The molecule has 0 radical (unpaired) electrons. The smallest absolute Gasteiger partial charge is 0.0589 e. The van der Waals surface area contributed by atoms with Crippen molar-refractivity contribution in [2.45, 2.75) is 64.5 Å². The van der Waals surface area contributed by atoms with Gasteiger partial charge in [-0.3, -0.25) is 4.90 Å². The third-order valence-electron chi connectivity index (χ3n) is 4.45. The fourth-order valence-corrected chi connectivity index (χ4v) is 3.18. The van der Waals surface area contributed by atoms with Gasteiger partial charge in [-0.2, -0.15) is 0 Å². The van der Waals surface area contributed by atoms with Crippen LogP contribution in [-0.2, 0) is 4.74 Å². The monoisotopic (exact) mass is 257 g/mol. The molecule has 0 aliphatic heterocycles. The standard InChI is InChI=1S/C15H31NO2/c1-4-14(5-2)16(11-12-18-3)10-9-13-7-6-8-15(13)17/h13-15,17H,4-12H2,1-3H3. The number of rotatable bonds is 9. The minimum atomic E-state index is -0.0454. The zero-order valence-electron chi connectivity index (χ0n) is 12.4. The molecule has 3 heteroatoms. The Kier molecular flexibility index (Phi) is 7.87. The Bertz CT molecular complexity index is 207. The van der Waals surface area contributed by atoms with Crippen LogP contribution in [0.2, 0.25) is 0 Å². The number of methoxy groups -OCH3 is 1. The van der Waals surface area contributed by atoms with Crippen LogP contribution in [0.25, 0.3) is 0 Å². The van der Waals surface area contributed by atoms with E-state index in [2.05, 4.69) is 18.7 Å². The van der Waals surface area contributed by atoms with Crippen molar-refractivity contribution in [3.63, 3.8) is 0 Å². The van der Waals surface area contributed by atoms with Crippen LogP contribution in [0.4, 0.5) is 0 Å². The Hall–Kier alpha value is -0.120. The largest absolute Gasteiger partial charge is 0.393 e. The minimum absolute atomic E-state index is 0.0454. The average Bonchev–Trinajstić information content (AvgIpc) is 2.79. The predicted octanol–water partition coefficient (Wildman–Crippen LogP) is 2.67. The molecule has 0 saturated heterocycles. The Morgan fingerprint density at radius 2 is 1.94 bits per heavy atom. The van der Waals surface area contributed by atoms with Crippen molar-refractivity contribution in [3.8, 4) is 0 Å². The van der Waals surface area contributed by atoms with E-state index in [-0.39, 0.29) is 6.10 Å². The topological polar surface area (TPSA) is 32.7 Å². The maximum atomic E-state index is 9.89. The highest BCUT2D eigenvalue weighted by molar-refractivity contribution is 4.79. The van der Waals surface area contributed by atoms with Crippen LogP contribution >= 0.6 is 0 Å². The molecular formula is C15H31NO2. The number of hydrogen-bond acceptors (Lipinski definition) is 3. The molecule has 3 nitrogen and oxygen atoms in total. The Morgan fingerprint density at radius 3 is 2.44 bits per heavy atom. The Morgan fingerprint density at radius 1 is 1.22 bits per heavy atom. The van der Waals surface area contributed by atoms with Gasteiger partial charge in [0.25, 0.3) is 0 Å². The number of ether oxygens (including phenoxy) is 1. The molecule has 2 atom stereocenters. The lowest BCUT2D eigenvalue weighted by molar-refractivity contribution is 0.0888. The summed E-state index contributed by atoms with van der Waals surface area (Å²) in [7, 11) is 1.77. The first-order valence-electron chi connectivity index (χ1n) is 7.63. The van der Waals surface area contributed by atoms with Gasteiger partial charge < -0.3 is 9.84 Å². The molecule has 0 bridgehead atoms. The van der Waals surface area contributed by atoms with Crippen LogP contribution in [0.1, 0.15) is 52.4 Å². The molecule has 18 heavy (non-hydrogen) atoms. The molecule has 0 aromatic carbocycles. The summed E-state index contributed by atoms with van der Waals surface area (Å²) >= 11 is 0. The molecule has 1 rings (SSSR count). The lowest BCUT2D eigenvalue weighted by Gasteiger charge is -2.31. The molecule has 1 aliphatic carbocycles. The number of hydrogen-bond donors (Lipinski definition) is 1. The normalized spacial score (nSPS) is 24.3. The summed E-state index contributed by atoms with van der Waals surface area (Å²) in [6.45, 7) is 7.46. The number of nitrogens with zero attached hydrogens (tertiary/aromatic N) is 1. The molecule has 1 N–H and O–H groups in total. The van der Waals surface area contributed by atoms with Crippen molar-refractivity contribution in [1.29, 1.82) is 0 Å². The second kappa shape index (κ2) is 8.89. The lowest BCUT2D eigenvalue weighted by atomic mass is 10.0. The highest BCUT2D eigenvalue weighted by atomic mass is 16.5. The van der Waals surface area contributed by atoms with Crippen LogP contribution in [0.15, 0.2) is 0 Å². The number of aliphatic hydroxyl groups is 1. The summed E-state index contributed by atoms with van der Waals surface area (Å²) in [5.41, 5.74) is 0. The van der Waals surface area contributed by atoms with Crippen molar-refractivity contribution in [2.75, 3.05) is 26.8 Å². The SMILES string of the molecule is CCC(CC)N(CCOC)CCC1CCCC1O. The minimum Gasteiger partial charge on any atom is -0.393 e. The average molecular weight is 257 g/mol. The Balaban J connectivity index is 2.39. The number of aliphatic hydroxyl groups excluding tert-OH is 1. The molecule has 0 spiro atoms.